The Morgan fingerprint density at radius 2 is 1.74 bits per heavy atom. The molecule has 0 radical (unpaired) electrons. The number of halogens is 2. The minimum absolute atomic E-state index is 0.164. The van der Waals surface area contributed by atoms with Crippen molar-refractivity contribution in [1.29, 1.82) is 0 Å². The minimum atomic E-state index is -1.22. The van der Waals surface area contributed by atoms with Crippen LogP contribution in [0.4, 0.5) is 26.0 Å². The average Bonchev–Trinajstić information content (AvgIpc) is 2.77. The molecule has 0 saturated carbocycles. The van der Waals surface area contributed by atoms with Gasteiger partial charge in [-0.25, -0.2) is 9.37 Å². The lowest BCUT2D eigenvalue weighted by molar-refractivity contribution is 0.0961. The molecule has 0 aliphatic carbocycles. The summed E-state index contributed by atoms with van der Waals surface area (Å²) in [5.41, 5.74) is 1.90. The smallest absolute Gasteiger partial charge is 0.256 e. The molecular formula is C22H20F2N4O3. The van der Waals surface area contributed by atoms with Gasteiger partial charge in [-0.2, -0.15) is 4.39 Å². The van der Waals surface area contributed by atoms with Crippen LogP contribution in [0.1, 0.15) is 26.3 Å². The Balaban J connectivity index is 1.99. The fourth-order valence-corrected chi connectivity index (χ4v) is 2.81. The molecule has 0 unspecified atom stereocenters. The van der Waals surface area contributed by atoms with Gasteiger partial charge in [0.2, 0.25) is 5.82 Å². The molecule has 3 aromatic rings. The first-order chi connectivity index (χ1) is 14.8. The average molecular weight is 426 g/mol. The number of rotatable bonds is 6. The first kappa shape index (κ1) is 21.7. The number of hydrogen-bond donors (Lipinski definition) is 3. The number of carbonyl (C=O) groups is 2. The summed E-state index contributed by atoms with van der Waals surface area (Å²) in [6.07, 6.45) is 1.36. The molecule has 3 N–H and O–H groups in total. The number of pyridine rings is 1. The Hall–Kier alpha value is -4.01. The van der Waals surface area contributed by atoms with Gasteiger partial charge in [-0.3, -0.25) is 9.59 Å². The van der Waals surface area contributed by atoms with E-state index in [2.05, 4.69) is 20.9 Å². The molecule has 160 valence electrons. The number of benzene rings is 2. The van der Waals surface area contributed by atoms with Crippen molar-refractivity contribution < 1.29 is 23.1 Å². The van der Waals surface area contributed by atoms with Crippen molar-refractivity contribution in [3.8, 4) is 5.75 Å². The predicted octanol–water partition coefficient (Wildman–Crippen LogP) is 4.03. The third-order valence-electron chi connectivity index (χ3n) is 4.50. The minimum Gasteiger partial charge on any atom is -0.494 e. The van der Waals surface area contributed by atoms with Gasteiger partial charge in [-0.1, -0.05) is 18.2 Å². The van der Waals surface area contributed by atoms with Crippen LogP contribution in [0, 0.1) is 18.6 Å². The highest BCUT2D eigenvalue weighted by Gasteiger charge is 2.18. The van der Waals surface area contributed by atoms with Gasteiger partial charge >= 0.3 is 0 Å². The highest BCUT2D eigenvalue weighted by molar-refractivity contribution is 6.07. The Morgan fingerprint density at radius 1 is 1.00 bits per heavy atom. The van der Waals surface area contributed by atoms with Crippen LogP contribution < -0.4 is 20.7 Å². The molecule has 2 amide bonds. The molecule has 1 aromatic heterocycles. The fourth-order valence-electron chi connectivity index (χ4n) is 2.81. The molecule has 0 saturated heterocycles. The van der Waals surface area contributed by atoms with E-state index >= 15 is 0 Å². The Labute approximate surface area is 177 Å². The van der Waals surface area contributed by atoms with Crippen LogP contribution in [0.2, 0.25) is 0 Å². The molecule has 7 nitrogen and oxygen atoms in total. The number of anilines is 3. The van der Waals surface area contributed by atoms with Crippen molar-refractivity contribution in [2.24, 2.45) is 0 Å². The molecule has 3 rings (SSSR count). The maximum atomic E-state index is 13.8. The lowest BCUT2D eigenvalue weighted by atomic mass is 10.1. The topological polar surface area (TPSA) is 92.4 Å². The van der Waals surface area contributed by atoms with Crippen LogP contribution in [-0.4, -0.2) is 31.0 Å². The second-order valence-corrected chi connectivity index (χ2v) is 6.57. The largest absolute Gasteiger partial charge is 0.494 e. The van der Waals surface area contributed by atoms with Crippen molar-refractivity contribution in [3.05, 3.63) is 77.0 Å². The van der Waals surface area contributed by atoms with Crippen LogP contribution in [-0.2, 0) is 0 Å². The molecule has 0 aliphatic heterocycles. The number of aromatic nitrogens is 1. The van der Waals surface area contributed by atoms with Gasteiger partial charge in [-0.05, 0) is 36.8 Å². The van der Waals surface area contributed by atoms with Crippen LogP contribution in [0.25, 0.3) is 0 Å². The van der Waals surface area contributed by atoms with Crippen LogP contribution in [0.5, 0.6) is 5.75 Å². The van der Waals surface area contributed by atoms with E-state index in [1.807, 2.05) is 31.2 Å². The summed E-state index contributed by atoms with van der Waals surface area (Å²) < 4.78 is 32.3. The number of hydrogen-bond acceptors (Lipinski definition) is 5. The first-order valence-corrected chi connectivity index (χ1v) is 9.23. The van der Waals surface area contributed by atoms with Crippen molar-refractivity contribution >= 4 is 29.0 Å². The van der Waals surface area contributed by atoms with E-state index in [-0.39, 0.29) is 22.6 Å². The zero-order valence-electron chi connectivity index (χ0n) is 17.0. The molecular weight excluding hydrogens is 406 g/mol. The predicted molar refractivity (Wildman–Crippen MR) is 113 cm³/mol. The maximum Gasteiger partial charge on any atom is 0.256 e. The highest BCUT2D eigenvalue weighted by atomic mass is 19.2. The summed E-state index contributed by atoms with van der Waals surface area (Å²) in [5, 5.41) is 8.18. The highest BCUT2D eigenvalue weighted by Crippen LogP contribution is 2.28. The van der Waals surface area contributed by atoms with Crippen molar-refractivity contribution in [2.45, 2.75) is 6.92 Å². The zero-order chi connectivity index (χ0) is 22.5. The second kappa shape index (κ2) is 9.21. The third-order valence-corrected chi connectivity index (χ3v) is 4.50. The van der Waals surface area contributed by atoms with E-state index < -0.39 is 29.2 Å². The van der Waals surface area contributed by atoms with E-state index in [0.717, 1.165) is 23.4 Å². The normalized spacial score (nSPS) is 10.4. The number of para-hydroxylation sites is 1. The van der Waals surface area contributed by atoms with Gasteiger partial charge in [0.25, 0.3) is 11.8 Å². The van der Waals surface area contributed by atoms with E-state index in [1.54, 1.807) is 0 Å². The monoisotopic (exact) mass is 426 g/mol. The summed E-state index contributed by atoms with van der Waals surface area (Å²) in [7, 11) is 2.63. The molecule has 0 aliphatic rings. The number of ether oxygens (including phenoxy) is 1. The standard InChI is InChI=1S/C22H20F2N4O3/c1-12-6-4-5-7-16(12)27-20-17(9-14(11-26-20)21(29)25-2)28-22(30)13-8-15(23)19(24)18(10-13)31-3/h4-11H,1-3H3,(H,25,29)(H,26,27)(H,28,30). The number of amides is 2. The Morgan fingerprint density at radius 3 is 2.42 bits per heavy atom. The Bertz CT molecular complexity index is 1150. The van der Waals surface area contributed by atoms with Crippen LogP contribution in [0.3, 0.4) is 0 Å². The van der Waals surface area contributed by atoms with Gasteiger partial charge < -0.3 is 20.7 Å². The quantitative estimate of drug-likeness (QED) is 0.554. The second-order valence-electron chi connectivity index (χ2n) is 6.57. The number of methoxy groups -OCH3 is 1. The number of nitrogens with one attached hydrogen (secondary N) is 3. The van der Waals surface area contributed by atoms with Gasteiger partial charge in [0, 0.05) is 24.5 Å². The SMILES string of the molecule is CNC(=O)c1cnc(Nc2ccccc2C)c(NC(=O)c2cc(F)c(F)c(OC)c2)c1. The summed E-state index contributed by atoms with van der Waals surface area (Å²) in [6.45, 7) is 1.90. The Kier molecular flexibility index (Phi) is 6.44. The molecule has 0 spiro atoms. The zero-order valence-corrected chi connectivity index (χ0v) is 17.0. The molecule has 31 heavy (non-hydrogen) atoms. The van der Waals surface area contributed by atoms with Crippen LogP contribution in [0.15, 0.2) is 48.7 Å². The van der Waals surface area contributed by atoms with Gasteiger partial charge in [0.05, 0.1) is 18.4 Å². The number of aryl methyl sites for hydroxylation is 1. The lowest BCUT2D eigenvalue weighted by Gasteiger charge is -2.15. The molecule has 0 bridgehead atoms. The van der Waals surface area contributed by atoms with Crippen molar-refractivity contribution in [2.75, 3.05) is 24.8 Å². The summed E-state index contributed by atoms with van der Waals surface area (Å²) in [4.78, 5) is 29.0. The van der Waals surface area contributed by atoms with Gasteiger partial charge in [0.1, 0.15) is 0 Å². The van der Waals surface area contributed by atoms with Gasteiger partial charge in [-0.15, -0.1) is 0 Å². The molecule has 9 heteroatoms. The molecule has 0 atom stereocenters. The summed E-state index contributed by atoms with van der Waals surface area (Å²) in [6, 6.07) is 10.7. The number of carbonyl (C=O) groups excluding carboxylic acids is 2. The lowest BCUT2D eigenvalue weighted by Crippen LogP contribution is -2.20. The van der Waals surface area contributed by atoms with E-state index in [1.165, 1.54) is 26.4 Å². The number of nitrogens with zero attached hydrogens (tertiary/aromatic N) is 1. The first-order valence-electron chi connectivity index (χ1n) is 9.23. The fraction of sp³-hybridized carbons (Fsp3) is 0.136. The third kappa shape index (κ3) is 4.77. The van der Waals surface area contributed by atoms with E-state index in [9.17, 15) is 18.4 Å². The van der Waals surface area contributed by atoms with Crippen molar-refractivity contribution in [1.82, 2.24) is 10.3 Å². The van der Waals surface area contributed by atoms with E-state index in [0.29, 0.717) is 0 Å². The molecule has 2 aromatic carbocycles. The maximum absolute atomic E-state index is 13.8. The van der Waals surface area contributed by atoms with Crippen molar-refractivity contribution in [3.63, 3.8) is 0 Å². The summed E-state index contributed by atoms with van der Waals surface area (Å²) in [5.74, 6) is -3.68. The van der Waals surface area contributed by atoms with Gasteiger partial charge in [0.15, 0.2) is 17.4 Å². The molecule has 1 heterocycles. The summed E-state index contributed by atoms with van der Waals surface area (Å²) >= 11 is 0. The molecule has 0 fully saturated rings. The van der Waals surface area contributed by atoms with Crippen LogP contribution >= 0.6 is 0 Å². The van der Waals surface area contributed by atoms with E-state index in [4.69, 9.17) is 4.74 Å².